The molecule has 0 amide bonds. The molecule has 0 heterocycles. The average molecular weight is 361 g/mol. The molecule has 2 aliphatic rings. The number of nitrogens with zero attached hydrogens (tertiary/aromatic N) is 1. The normalized spacial score (nSPS) is 27.3. The monoisotopic (exact) mass is 359 g/mol. The Morgan fingerprint density at radius 3 is 2.70 bits per heavy atom. The van der Waals surface area contributed by atoms with Crippen LogP contribution in [0.25, 0.3) is 0 Å². The van der Waals surface area contributed by atoms with Gasteiger partial charge in [0.05, 0.1) is 9.95 Å². The van der Waals surface area contributed by atoms with Gasteiger partial charge in [-0.25, -0.2) is 0 Å². The van der Waals surface area contributed by atoms with Crippen LogP contribution in [0.2, 0.25) is 5.02 Å². The first-order valence-corrected chi connectivity index (χ1v) is 8.07. The van der Waals surface area contributed by atoms with Crippen molar-refractivity contribution in [3.63, 3.8) is 0 Å². The van der Waals surface area contributed by atoms with Crippen LogP contribution in [0.5, 0.6) is 5.75 Å². The number of nitro groups is 1. The van der Waals surface area contributed by atoms with Gasteiger partial charge in [-0.2, -0.15) is 0 Å². The van der Waals surface area contributed by atoms with E-state index in [1.54, 1.807) is 12.1 Å². The van der Waals surface area contributed by atoms with E-state index in [1.165, 1.54) is 18.9 Å². The number of para-hydroxylation sites is 1. The largest absolute Gasteiger partial charge is 0.482 e. The number of alkyl halides is 1. The van der Waals surface area contributed by atoms with Crippen molar-refractivity contribution in [2.45, 2.75) is 43.0 Å². The molecule has 2 aliphatic carbocycles. The van der Waals surface area contributed by atoms with E-state index in [0.29, 0.717) is 9.85 Å². The van der Waals surface area contributed by atoms with Gasteiger partial charge in [-0.3, -0.25) is 10.1 Å². The molecule has 2 atom stereocenters. The molecule has 6 heteroatoms. The van der Waals surface area contributed by atoms with Gasteiger partial charge in [0.2, 0.25) is 5.75 Å². The number of nitro benzene ring substituents is 1. The molecular formula is C14H15BrClNO3. The zero-order valence-corrected chi connectivity index (χ0v) is 13.2. The summed E-state index contributed by atoms with van der Waals surface area (Å²) < 4.78 is 5.98. The van der Waals surface area contributed by atoms with Crippen molar-refractivity contribution in [2.24, 2.45) is 5.41 Å². The molecule has 2 saturated carbocycles. The molecule has 20 heavy (non-hydrogen) atoms. The smallest absolute Gasteiger partial charge is 0.312 e. The molecule has 4 nitrogen and oxygen atoms in total. The summed E-state index contributed by atoms with van der Waals surface area (Å²) in [4.78, 5) is 11.1. The lowest BCUT2D eigenvalue weighted by molar-refractivity contribution is -0.386. The Morgan fingerprint density at radius 2 is 2.10 bits per heavy atom. The van der Waals surface area contributed by atoms with Crippen molar-refractivity contribution in [1.29, 1.82) is 0 Å². The molecule has 0 N–H and O–H groups in total. The number of benzene rings is 1. The van der Waals surface area contributed by atoms with Crippen LogP contribution in [0.15, 0.2) is 18.2 Å². The van der Waals surface area contributed by atoms with Crippen molar-refractivity contribution in [1.82, 2.24) is 0 Å². The lowest BCUT2D eigenvalue weighted by Gasteiger charge is -2.51. The summed E-state index contributed by atoms with van der Waals surface area (Å²) >= 11 is 9.81. The van der Waals surface area contributed by atoms with E-state index in [4.69, 9.17) is 16.3 Å². The van der Waals surface area contributed by atoms with E-state index in [1.807, 2.05) is 0 Å². The summed E-state index contributed by atoms with van der Waals surface area (Å²) in [5.74, 6) is 0.217. The summed E-state index contributed by atoms with van der Waals surface area (Å²) in [6, 6.07) is 4.65. The molecule has 2 fully saturated rings. The van der Waals surface area contributed by atoms with Gasteiger partial charge in [0.15, 0.2) is 0 Å². The summed E-state index contributed by atoms with van der Waals surface area (Å²) in [6.45, 7) is 0. The van der Waals surface area contributed by atoms with Crippen molar-refractivity contribution in [3.8, 4) is 5.75 Å². The predicted octanol–water partition coefficient (Wildman–Crippen LogP) is 4.72. The van der Waals surface area contributed by atoms with Crippen LogP contribution in [0.4, 0.5) is 5.69 Å². The lowest BCUT2D eigenvalue weighted by atomic mass is 9.64. The molecule has 1 spiro atoms. The fourth-order valence-corrected chi connectivity index (χ4v) is 4.74. The van der Waals surface area contributed by atoms with Crippen LogP contribution in [0.1, 0.15) is 32.1 Å². The summed E-state index contributed by atoms with van der Waals surface area (Å²) in [5, 5.41) is 11.4. The summed E-state index contributed by atoms with van der Waals surface area (Å²) in [5.41, 5.74) is 0.0798. The van der Waals surface area contributed by atoms with Gasteiger partial charge in [-0.05, 0) is 25.3 Å². The maximum Gasteiger partial charge on any atom is 0.312 e. The van der Waals surface area contributed by atoms with E-state index in [9.17, 15) is 10.1 Å². The fourth-order valence-electron chi connectivity index (χ4n) is 3.43. The number of hydrogen-bond donors (Lipinski definition) is 0. The lowest BCUT2D eigenvalue weighted by Crippen LogP contribution is -2.55. The molecule has 3 rings (SSSR count). The Balaban J connectivity index is 1.87. The van der Waals surface area contributed by atoms with Crippen LogP contribution in [0, 0.1) is 15.5 Å². The summed E-state index contributed by atoms with van der Waals surface area (Å²) in [7, 11) is 0. The maximum absolute atomic E-state index is 11.1. The number of halogens is 2. The molecule has 0 aliphatic heterocycles. The Morgan fingerprint density at radius 1 is 1.40 bits per heavy atom. The van der Waals surface area contributed by atoms with Gasteiger partial charge in [-0.1, -0.05) is 46.4 Å². The third kappa shape index (κ3) is 2.11. The minimum atomic E-state index is -0.438. The Hall–Kier alpha value is -0.810. The highest BCUT2D eigenvalue weighted by atomic mass is 79.9. The third-order valence-corrected chi connectivity index (χ3v) is 6.21. The van der Waals surface area contributed by atoms with E-state index in [2.05, 4.69) is 15.9 Å². The minimum absolute atomic E-state index is 0.0213. The van der Waals surface area contributed by atoms with Gasteiger partial charge >= 0.3 is 5.69 Å². The predicted molar refractivity (Wildman–Crippen MR) is 80.8 cm³/mol. The van der Waals surface area contributed by atoms with Gasteiger partial charge < -0.3 is 4.74 Å². The van der Waals surface area contributed by atoms with E-state index >= 15 is 0 Å². The summed E-state index contributed by atoms with van der Waals surface area (Å²) in [6.07, 6.45) is 5.53. The van der Waals surface area contributed by atoms with Crippen LogP contribution >= 0.6 is 27.5 Å². The molecule has 1 aromatic carbocycles. The SMILES string of the molecule is O=[N+]([O-])c1cccc(Cl)c1OC1CC(Br)C12CCCC2. The standard InChI is InChI=1S/C14H15BrClNO3/c15-11-8-12(14(11)6-1-2-7-14)20-13-9(16)4-3-5-10(13)17(18)19/h3-5,11-12H,1-2,6-8H2. The molecule has 0 saturated heterocycles. The first kappa shape index (κ1) is 14.1. The Labute approximate surface area is 130 Å². The van der Waals surface area contributed by atoms with Crippen molar-refractivity contribution >= 4 is 33.2 Å². The number of rotatable bonds is 3. The van der Waals surface area contributed by atoms with Gasteiger partial charge in [0.25, 0.3) is 0 Å². The Bertz CT molecular complexity index is 545. The number of hydrogen-bond acceptors (Lipinski definition) is 3. The second-order valence-electron chi connectivity index (χ2n) is 5.60. The van der Waals surface area contributed by atoms with Crippen molar-refractivity contribution in [2.75, 3.05) is 0 Å². The number of ether oxygens (including phenoxy) is 1. The van der Waals surface area contributed by atoms with Crippen LogP contribution in [-0.2, 0) is 0 Å². The topological polar surface area (TPSA) is 52.4 Å². The molecular weight excluding hydrogens is 346 g/mol. The van der Waals surface area contributed by atoms with Gasteiger partial charge in [-0.15, -0.1) is 0 Å². The molecule has 108 valence electrons. The minimum Gasteiger partial charge on any atom is -0.482 e. The molecule has 0 bridgehead atoms. The zero-order chi connectivity index (χ0) is 14.3. The average Bonchev–Trinajstić information content (AvgIpc) is 2.92. The molecule has 0 radical (unpaired) electrons. The second kappa shape index (κ2) is 5.19. The highest BCUT2D eigenvalue weighted by molar-refractivity contribution is 9.09. The van der Waals surface area contributed by atoms with Gasteiger partial charge in [0, 0.05) is 16.3 Å². The van der Waals surface area contributed by atoms with E-state index in [-0.39, 0.29) is 23.0 Å². The first-order valence-electron chi connectivity index (χ1n) is 6.78. The Kier molecular flexibility index (Phi) is 3.67. The second-order valence-corrected chi connectivity index (χ2v) is 7.11. The van der Waals surface area contributed by atoms with Crippen LogP contribution < -0.4 is 4.74 Å². The van der Waals surface area contributed by atoms with E-state index < -0.39 is 4.92 Å². The van der Waals surface area contributed by atoms with Crippen LogP contribution in [0.3, 0.4) is 0 Å². The van der Waals surface area contributed by atoms with Crippen molar-refractivity contribution < 1.29 is 9.66 Å². The quantitative estimate of drug-likeness (QED) is 0.445. The third-order valence-electron chi connectivity index (χ3n) is 4.62. The van der Waals surface area contributed by atoms with Gasteiger partial charge in [0.1, 0.15) is 6.10 Å². The van der Waals surface area contributed by atoms with Crippen molar-refractivity contribution in [3.05, 3.63) is 33.3 Å². The molecule has 2 unspecified atom stereocenters. The highest BCUT2D eigenvalue weighted by Gasteiger charge is 2.57. The maximum atomic E-state index is 11.1. The fraction of sp³-hybridized carbons (Fsp3) is 0.571. The zero-order valence-electron chi connectivity index (χ0n) is 10.9. The van der Waals surface area contributed by atoms with Crippen LogP contribution in [-0.4, -0.2) is 15.9 Å². The first-order chi connectivity index (χ1) is 9.54. The van der Waals surface area contributed by atoms with E-state index in [0.717, 1.165) is 19.3 Å². The molecule has 1 aromatic rings. The highest BCUT2D eigenvalue weighted by Crippen LogP contribution is 2.58. The molecule has 0 aromatic heterocycles.